The van der Waals surface area contributed by atoms with Gasteiger partial charge in [0.1, 0.15) is 0 Å². The molecule has 1 atom stereocenters. The Kier molecular flexibility index (Phi) is 5.73. The molecule has 31 heavy (non-hydrogen) atoms. The second-order valence-electron chi connectivity index (χ2n) is 7.63. The van der Waals surface area contributed by atoms with Crippen LogP contribution in [0.25, 0.3) is 11.2 Å². The van der Waals surface area contributed by atoms with Crippen molar-refractivity contribution in [2.45, 2.75) is 26.1 Å². The third-order valence-corrected chi connectivity index (χ3v) is 5.16. The minimum absolute atomic E-state index is 0.176. The van der Waals surface area contributed by atoms with E-state index in [0.29, 0.717) is 23.7 Å². The van der Waals surface area contributed by atoms with Crippen LogP contribution in [0.4, 0.5) is 5.95 Å². The molecule has 0 saturated heterocycles. The van der Waals surface area contributed by atoms with Gasteiger partial charge in [0.15, 0.2) is 11.2 Å². The lowest BCUT2D eigenvalue weighted by Gasteiger charge is -2.13. The lowest BCUT2D eigenvalue weighted by Crippen LogP contribution is -2.40. The fourth-order valence-electron chi connectivity index (χ4n) is 3.57. The fourth-order valence-corrected chi connectivity index (χ4v) is 3.57. The molecule has 8 heteroatoms. The van der Waals surface area contributed by atoms with Gasteiger partial charge in [-0.05, 0) is 18.1 Å². The third-order valence-electron chi connectivity index (χ3n) is 5.16. The Morgan fingerprint density at radius 3 is 2.03 bits per heavy atom. The van der Waals surface area contributed by atoms with Crippen LogP contribution in [0.2, 0.25) is 0 Å². The van der Waals surface area contributed by atoms with Crippen LogP contribution in [0.5, 0.6) is 0 Å². The van der Waals surface area contributed by atoms with Gasteiger partial charge in [0.05, 0.1) is 19.2 Å². The molecule has 0 amide bonds. The molecule has 0 aliphatic rings. The molecule has 2 aromatic carbocycles. The van der Waals surface area contributed by atoms with Gasteiger partial charge < -0.3 is 10.4 Å². The number of hydrogen-bond acceptors (Lipinski definition) is 5. The maximum absolute atomic E-state index is 13.5. The molecule has 2 N–H and O–H groups in total. The number of aryl methyl sites for hydroxylation is 1. The van der Waals surface area contributed by atoms with E-state index in [4.69, 9.17) is 0 Å². The maximum atomic E-state index is 13.5. The number of aliphatic hydroxyl groups excluding tert-OH is 1. The van der Waals surface area contributed by atoms with E-state index in [0.717, 1.165) is 11.1 Å². The number of hydrogen-bond donors (Lipinski definition) is 2. The quantitative estimate of drug-likeness (QED) is 0.476. The van der Waals surface area contributed by atoms with Crippen molar-refractivity contribution in [3.05, 3.63) is 92.6 Å². The summed E-state index contributed by atoms with van der Waals surface area (Å²) < 4.78 is 4.41. The van der Waals surface area contributed by atoms with Crippen molar-refractivity contribution in [2.75, 3.05) is 11.9 Å². The van der Waals surface area contributed by atoms with Crippen molar-refractivity contribution in [3.63, 3.8) is 0 Å². The molecule has 0 aliphatic heterocycles. The van der Waals surface area contributed by atoms with Gasteiger partial charge in [-0.15, -0.1) is 0 Å². The smallest absolute Gasteiger partial charge is 0.332 e. The minimum atomic E-state index is -0.594. The van der Waals surface area contributed by atoms with Crippen molar-refractivity contribution in [1.82, 2.24) is 18.7 Å². The number of fused-ring (bicyclic) bond motifs is 1. The molecular formula is C23H25N5O3. The zero-order chi connectivity index (χ0) is 22.0. The van der Waals surface area contributed by atoms with Crippen LogP contribution in [-0.4, -0.2) is 36.4 Å². The second-order valence-corrected chi connectivity index (χ2v) is 7.63. The zero-order valence-corrected chi connectivity index (χ0v) is 17.5. The Morgan fingerprint density at radius 2 is 1.48 bits per heavy atom. The van der Waals surface area contributed by atoms with Gasteiger partial charge in [-0.3, -0.25) is 18.5 Å². The summed E-state index contributed by atoms with van der Waals surface area (Å²) in [6.07, 6.45) is -0.594. The number of nitrogens with zero attached hydrogens (tertiary/aromatic N) is 4. The lowest BCUT2D eigenvalue weighted by atomic mass is 10.2. The van der Waals surface area contributed by atoms with Gasteiger partial charge >= 0.3 is 5.69 Å². The topological polar surface area (TPSA) is 94.1 Å². The van der Waals surface area contributed by atoms with Crippen LogP contribution < -0.4 is 16.6 Å². The molecule has 0 saturated carbocycles. The Hall–Kier alpha value is -3.65. The Labute approximate surface area is 179 Å². The van der Waals surface area contributed by atoms with E-state index in [2.05, 4.69) is 10.3 Å². The first-order valence-corrected chi connectivity index (χ1v) is 10.2. The van der Waals surface area contributed by atoms with Crippen molar-refractivity contribution >= 4 is 17.1 Å². The summed E-state index contributed by atoms with van der Waals surface area (Å²) in [5, 5.41) is 12.8. The maximum Gasteiger partial charge on any atom is 0.332 e. The molecule has 0 radical (unpaired) electrons. The van der Waals surface area contributed by atoms with Gasteiger partial charge in [-0.1, -0.05) is 60.7 Å². The molecule has 2 aromatic heterocycles. The molecule has 0 aliphatic carbocycles. The highest BCUT2D eigenvalue weighted by Crippen LogP contribution is 2.18. The SMILES string of the molecule is C[C@@H](O)CNc1nc2c(c(=O)n(Cc3ccccc3)c(=O)n2C)n1Cc1ccccc1. The summed E-state index contributed by atoms with van der Waals surface area (Å²) in [4.78, 5) is 31.0. The standard InChI is InChI=1S/C23H25N5O3/c1-16(29)13-24-22-25-20-19(27(22)14-17-9-5-3-6-10-17)21(30)28(23(31)26(20)2)15-18-11-7-4-8-12-18/h3-12,16,29H,13-15H2,1-2H3,(H,24,25)/t16-/m1/s1. The van der Waals surface area contributed by atoms with Crippen LogP contribution in [0.1, 0.15) is 18.1 Å². The van der Waals surface area contributed by atoms with Crippen LogP contribution in [-0.2, 0) is 20.1 Å². The Morgan fingerprint density at radius 1 is 0.935 bits per heavy atom. The highest BCUT2D eigenvalue weighted by atomic mass is 16.3. The largest absolute Gasteiger partial charge is 0.392 e. The minimum Gasteiger partial charge on any atom is -0.392 e. The van der Waals surface area contributed by atoms with E-state index in [1.165, 1.54) is 9.13 Å². The lowest BCUT2D eigenvalue weighted by molar-refractivity contribution is 0.208. The number of aromatic nitrogens is 4. The summed E-state index contributed by atoms with van der Waals surface area (Å²) in [6.45, 7) is 2.51. The highest BCUT2D eigenvalue weighted by Gasteiger charge is 2.21. The average molecular weight is 419 g/mol. The number of nitrogens with one attached hydrogen (secondary N) is 1. The van der Waals surface area contributed by atoms with Gasteiger partial charge in [0.2, 0.25) is 5.95 Å². The van der Waals surface area contributed by atoms with Crippen molar-refractivity contribution < 1.29 is 5.11 Å². The molecule has 0 fully saturated rings. The summed E-state index contributed by atoms with van der Waals surface area (Å²) in [5.74, 6) is 0.435. The van der Waals surface area contributed by atoms with Crippen molar-refractivity contribution in [2.24, 2.45) is 7.05 Å². The van der Waals surface area contributed by atoms with E-state index in [9.17, 15) is 14.7 Å². The number of anilines is 1. The monoisotopic (exact) mass is 419 g/mol. The first-order valence-electron chi connectivity index (χ1n) is 10.2. The molecule has 4 rings (SSSR count). The van der Waals surface area contributed by atoms with E-state index in [1.54, 1.807) is 18.5 Å². The molecule has 160 valence electrons. The predicted molar refractivity (Wildman–Crippen MR) is 120 cm³/mol. The van der Waals surface area contributed by atoms with E-state index in [-0.39, 0.29) is 13.1 Å². The number of rotatable bonds is 7. The number of aliphatic hydroxyl groups is 1. The number of imidazole rings is 1. The normalized spacial score (nSPS) is 12.2. The molecule has 4 aromatic rings. The molecular weight excluding hydrogens is 394 g/mol. The van der Waals surface area contributed by atoms with Crippen molar-refractivity contribution in [1.29, 1.82) is 0 Å². The summed E-state index contributed by atoms with van der Waals surface area (Å²) in [5.41, 5.74) is 1.69. The molecule has 0 bridgehead atoms. The molecule has 2 heterocycles. The fraction of sp³-hybridized carbons (Fsp3) is 0.261. The first-order chi connectivity index (χ1) is 15.0. The van der Waals surface area contributed by atoms with E-state index < -0.39 is 17.4 Å². The van der Waals surface area contributed by atoms with Crippen LogP contribution in [0.3, 0.4) is 0 Å². The third kappa shape index (κ3) is 4.15. The van der Waals surface area contributed by atoms with Crippen LogP contribution >= 0.6 is 0 Å². The van der Waals surface area contributed by atoms with Gasteiger partial charge in [-0.25, -0.2) is 4.79 Å². The number of benzene rings is 2. The van der Waals surface area contributed by atoms with Crippen LogP contribution in [0.15, 0.2) is 70.3 Å². The average Bonchev–Trinajstić information content (AvgIpc) is 3.13. The Balaban J connectivity index is 1.91. The molecule has 8 nitrogen and oxygen atoms in total. The predicted octanol–water partition coefficient (Wildman–Crippen LogP) is 1.79. The summed E-state index contributed by atoms with van der Waals surface area (Å²) in [6, 6.07) is 19.1. The van der Waals surface area contributed by atoms with Gasteiger partial charge in [0, 0.05) is 13.6 Å². The zero-order valence-electron chi connectivity index (χ0n) is 17.5. The van der Waals surface area contributed by atoms with E-state index in [1.807, 2.05) is 60.7 Å². The summed E-state index contributed by atoms with van der Waals surface area (Å²) in [7, 11) is 1.61. The van der Waals surface area contributed by atoms with Gasteiger partial charge in [0.25, 0.3) is 5.56 Å². The van der Waals surface area contributed by atoms with Crippen LogP contribution in [0, 0.1) is 0 Å². The first kappa shape index (κ1) is 20.6. The Bertz CT molecular complexity index is 1300. The highest BCUT2D eigenvalue weighted by molar-refractivity contribution is 5.74. The van der Waals surface area contributed by atoms with E-state index >= 15 is 0 Å². The summed E-state index contributed by atoms with van der Waals surface area (Å²) >= 11 is 0. The van der Waals surface area contributed by atoms with Crippen molar-refractivity contribution in [3.8, 4) is 0 Å². The second kappa shape index (κ2) is 8.61. The van der Waals surface area contributed by atoms with Gasteiger partial charge in [-0.2, -0.15) is 4.98 Å². The molecule has 0 unspecified atom stereocenters. The molecule has 0 spiro atoms.